The van der Waals surface area contributed by atoms with Crippen molar-refractivity contribution >= 4 is 21.6 Å². The minimum absolute atomic E-state index is 0.139. The van der Waals surface area contributed by atoms with Gasteiger partial charge in [0.05, 0.1) is 26.2 Å². The number of hydrogen-bond donors (Lipinski definition) is 1. The second-order valence-electron chi connectivity index (χ2n) is 7.15. The van der Waals surface area contributed by atoms with Crippen LogP contribution in [0.5, 0.6) is 11.5 Å². The first-order valence-corrected chi connectivity index (χ1v) is 11.5. The van der Waals surface area contributed by atoms with Gasteiger partial charge in [-0.3, -0.25) is 9.10 Å². The van der Waals surface area contributed by atoms with E-state index in [0.717, 1.165) is 16.7 Å². The van der Waals surface area contributed by atoms with Crippen LogP contribution in [0.4, 0.5) is 5.69 Å². The average molecular weight is 435 g/mol. The molecule has 0 unspecified atom stereocenters. The molecule has 0 aliphatic carbocycles. The van der Waals surface area contributed by atoms with Gasteiger partial charge in [0.15, 0.2) is 11.5 Å². The zero-order chi connectivity index (χ0) is 22.3. The van der Waals surface area contributed by atoms with Gasteiger partial charge in [0, 0.05) is 19.5 Å². The van der Waals surface area contributed by atoms with Crippen molar-refractivity contribution in [1.29, 1.82) is 0 Å². The van der Waals surface area contributed by atoms with Crippen LogP contribution in [0.25, 0.3) is 0 Å². The highest BCUT2D eigenvalue weighted by atomic mass is 32.2. The first kappa shape index (κ1) is 23.5. The predicted molar refractivity (Wildman–Crippen MR) is 119 cm³/mol. The van der Waals surface area contributed by atoms with Crippen molar-refractivity contribution in [2.75, 3.05) is 31.3 Å². The van der Waals surface area contributed by atoms with E-state index in [2.05, 4.69) is 5.32 Å². The molecule has 0 spiro atoms. The molecule has 1 N–H and O–H groups in total. The SMILES string of the molecule is COc1ccc(CNC(=O)CCCN(c2c(C)cccc2C)S(C)(=O)=O)cc1OC. The molecule has 0 fully saturated rings. The van der Waals surface area contributed by atoms with E-state index in [0.29, 0.717) is 30.2 Å². The van der Waals surface area contributed by atoms with Crippen LogP contribution in [0, 0.1) is 13.8 Å². The Bertz CT molecular complexity index is 969. The molecule has 0 aliphatic heterocycles. The van der Waals surface area contributed by atoms with E-state index in [-0.39, 0.29) is 18.9 Å². The smallest absolute Gasteiger partial charge is 0.232 e. The number of amides is 1. The third-order valence-electron chi connectivity index (χ3n) is 4.79. The largest absolute Gasteiger partial charge is 0.493 e. The molecule has 0 saturated carbocycles. The van der Waals surface area contributed by atoms with Crippen LogP contribution in [0.1, 0.15) is 29.5 Å². The number of nitrogens with zero attached hydrogens (tertiary/aromatic N) is 1. The summed E-state index contributed by atoms with van der Waals surface area (Å²) >= 11 is 0. The summed E-state index contributed by atoms with van der Waals surface area (Å²) in [5, 5.41) is 2.86. The molecule has 0 heterocycles. The van der Waals surface area contributed by atoms with Gasteiger partial charge in [-0.25, -0.2) is 8.42 Å². The highest BCUT2D eigenvalue weighted by molar-refractivity contribution is 7.92. The van der Waals surface area contributed by atoms with E-state index in [1.54, 1.807) is 20.3 Å². The molecular weight excluding hydrogens is 404 g/mol. The molecule has 30 heavy (non-hydrogen) atoms. The van der Waals surface area contributed by atoms with Crippen LogP contribution in [0.3, 0.4) is 0 Å². The van der Waals surface area contributed by atoms with Gasteiger partial charge in [0.2, 0.25) is 15.9 Å². The second-order valence-corrected chi connectivity index (χ2v) is 9.05. The quantitative estimate of drug-likeness (QED) is 0.621. The van der Waals surface area contributed by atoms with E-state index in [4.69, 9.17) is 9.47 Å². The number of aryl methyl sites for hydroxylation is 2. The van der Waals surface area contributed by atoms with Crippen LogP contribution in [0.2, 0.25) is 0 Å². The van der Waals surface area contributed by atoms with E-state index in [1.807, 2.05) is 44.2 Å². The van der Waals surface area contributed by atoms with Crippen molar-refractivity contribution in [3.63, 3.8) is 0 Å². The zero-order valence-corrected chi connectivity index (χ0v) is 19.0. The highest BCUT2D eigenvalue weighted by Gasteiger charge is 2.21. The Morgan fingerprint density at radius 2 is 1.67 bits per heavy atom. The maximum atomic E-state index is 12.3. The summed E-state index contributed by atoms with van der Waals surface area (Å²) in [6.07, 6.45) is 1.83. The molecule has 1 amide bonds. The van der Waals surface area contributed by atoms with Crippen LogP contribution >= 0.6 is 0 Å². The third-order valence-corrected chi connectivity index (χ3v) is 5.96. The number of benzene rings is 2. The summed E-state index contributed by atoms with van der Waals surface area (Å²) in [6, 6.07) is 11.1. The Hall–Kier alpha value is -2.74. The van der Waals surface area contributed by atoms with Gasteiger partial charge in [-0.1, -0.05) is 24.3 Å². The van der Waals surface area contributed by atoms with Gasteiger partial charge in [0.1, 0.15) is 0 Å². The first-order valence-electron chi connectivity index (χ1n) is 9.69. The van der Waals surface area contributed by atoms with Crippen molar-refractivity contribution < 1.29 is 22.7 Å². The number of carbonyl (C=O) groups excluding carboxylic acids is 1. The summed E-state index contributed by atoms with van der Waals surface area (Å²) in [5.41, 5.74) is 3.34. The van der Waals surface area contributed by atoms with Crippen molar-refractivity contribution in [3.05, 3.63) is 53.1 Å². The van der Waals surface area contributed by atoms with Gasteiger partial charge in [0.25, 0.3) is 0 Å². The number of methoxy groups -OCH3 is 2. The fraction of sp³-hybridized carbons (Fsp3) is 0.409. The maximum absolute atomic E-state index is 12.3. The first-order chi connectivity index (χ1) is 14.2. The number of para-hydroxylation sites is 1. The molecule has 164 valence electrons. The molecule has 0 aromatic heterocycles. The molecule has 2 rings (SSSR count). The molecule has 8 heteroatoms. The highest BCUT2D eigenvalue weighted by Crippen LogP contribution is 2.28. The van der Waals surface area contributed by atoms with Crippen molar-refractivity contribution in [1.82, 2.24) is 5.32 Å². The van der Waals surface area contributed by atoms with Crippen LogP contribution in [0.15, 0.2) is 36.4 Å². The third kappa shape index (κ3) is 6.13. The molecular formula is C22H30N2O5S. The van der Waals surface area contributed by atoms with Crippen molar-refractivity contribution in [2.24, 2.45) is 0 Å². The van der Waals surface area contributed by atoms with Crippen molar-refractivity contribution in [3.8, 4) is 11.5 Å². The summed E-state index contributed by atoms with van der Waals surface area (Å²) in [7, 11) is -0.328. The Labute approximate surface area is 179 Å². The molecule has 0 aliphatic rings. The lowest BCUT2D eigenvalue weighted by molar-refractivity contribution is -0.121. The Morgan fingerprint density at radius 3 is 2.23 bits per heavy atom. The monoisotopic (exact) mass is 434 g/mol. The second kappa shape index (κ2) is 10.3. The lowest BCUT2D eigenvalue weighted by Crippen LogP contribution is -2.33. The number of carbonyl (C=O) groups is 1. The minimum Gasteiger partial charge on any atom is -0.493 e. The summed E-state index contributed by atoms with van der Waals surface area (Å²) in [6.45, 7) is 4.37. The standard InChI is InChI=1S/C22H30N2O5S/c1-16-8-6-9-17(2)22(16)24(30(5,26)27)13-7-10-21(25)23-15-18-11-12-19(28-3)20(14-18)29-4/h6,8-9,11-12,14H,7,10,13,15H2,1-5H3,(H,23,25). The zero-order valence-electron chi connectivity index (χ0n) is 18.2. The molecule has 2 aromatic rings. The fourth-order valence-corrected chi connectivity index (χ4v) is 4.39. The van der Waals surface area contributed by atoms with Crippen LogP contribution in [-0.2, 0) is 21.4 Å². The molecule has 0 radical (unpaired) electrons. The number of sulfonamides is 1. The number of rotatable bonds is 10. The Balaban J connectivity index is 1.95. The molecule has 0 atom stereocenters. The van der Waals surface area contributed by atoms with E-state index in [9.17, 15) is 13.2 Å². The Kier molecular flexibility index (Phi) is 8.11. The van der Waals surface area contributed by atoms with E-state index >= 15 is 0 Å². The number of nitrogens with one attached hydrogen (secondary N) is 1. The average Bonchev–Trinajstić information content (AvgIpc) is 2.69. The summed E-state index contributed by atoms with van der Waals surface area (Å²) in [5.74, 6) is 1.08. The lowest BCUT2D eigenvalue weighted by Gasteiger charge is -2.26. The van der Waals surface area contributed by atoms with Crippen LogP contribution < -0.4 is 19.1 Å². The van der Waals surface area contributed by atoms with E-state index < -0.39 is 10.0 Å². The molecule has 7 nitrogen and oxygen atoms in total. The number of ether oxygens (including phenoxy) is 2. The van der Waals surface area contributed by atoms with E-state index in [1.165, 1.54) is 10.6 Å². The fourth-order valence-electron chi connectivity index (χ4n) is 3.31. The predicted octanol–water partition coefficient (Wildman–Crippen LogP) is 3.18. The van der Waals surface area contributed by atoms with Crippen molar-refractivity contribution in [2.45, 2.75) is 33.2 Å². The normalized spacial score (nSPS) is 11.1. The number of anilines is 1. The molecule has 0 bridgehead atoms. The van der Waals surface area contributed by atoms with Gasteiger partial charge in [-0.05, 0) is 49.1 Å². The minimum atomic E-state index is -3.45. The van der Waals surface area contributed by atoms with Gasteiger partial charge < -0.3 is 14.8 Å². The maximum Gasteiger partial charge on any atom is 0.232 e. The van der Waals surface area contributed by atoms with Crippen LogP contribution in [-0.4, -0.2) is 41.3 Å². The summed E-state index contributed by atoms with van der Waals surface area (Å²) in [4.78, 5) is 12.3. The Morgan fingerprint density at radius 1 is 1.03 bits per heavy atom. The van der Waals surface area contributed by atoms with Gasteiger partial charge >= 0.3 is 0 Å². The van der Waals surface area contributed by atoms with Gasteiger partial charge in [-0.2, -0.15) is 0 Å². The molecule has 2 aromatic carbocycles. The summed E-state index contributed by atoms with van der Waals surface area (Å²) < 4.78 is 36.5. The van der Waals surface area contributed by atoms with Gasteiger partial charge in [-0.15, -0.1) is 0 Å². The number of hydrogen-bond acceptors (Lipinski definition) is 5. The molecule has 0 saturated heterocycles. The topological polar surface area (TPSA) is 84.9 Å². The lowest BCUT2D eigenvalue weighted by atomic mass is 10.1.